The largest absolute Gasteiger partial charge is 0.356 e. The second-order valence-corrected chi connectivity index (χ2v) is 7.99. The molecule has 2 aliphatic rings. The van der Waals surface area contributed by atoms with Crippen molar-refractivity contribution < 1.29 is 9.59 Å². The van der Waals surface area contributed by atoms with Gasteiger partial charge >= 0.3 is 0 Å². The summed E-state index contributed by atoms with van der Waals surface area (Å²) in [6, 6.07) is 11.1. The molecule has 0 bridgehead atoms. The summed E-state index contributed by atoms with van der Waals surface area (Å²) in [5, 5.41) is 6.70. The van der Waals surface area contributed by atoms with Gasteiger partial charge in [0, 0.05) is 35.4 Å². The second-order valence-electron chi connectivity index (χ2n) is 7.99. The molecule has 0 unspecified atom stereocenters. The molecule has 2 aliphatic heterocycles. The van der Waals surface area contributed by atoms with E-state index < -0.39 is 11.6 Å². The highest BCUT2D eigenvalue weighted by Gasteiger charge is 2.51. The Balaban J connectivity index is 1.54. The second kappa shape index (κ2) is 6.27. The molecule has 1 atom stereocenters. The smallest absolute Gasteiger partial charge is 0.266 e. The lowest BCUT2D eigenvalue weighted by atomic mass is 9.82. The van der Waals surface area contributed by atoms with Crippen LogP contribution in [0.25, 0.3) is 10.9 Å². The van der Waals surface area contributed by atoms with Gasteiger partial charge in [-0.05, 0) is 43.2 Å². The van der Waals surface area contributed by atoms with Gasteiger partial charge in [-0.25, -0.2) is 5.01 Å². The van der Waals surface area contributed by atoms with Gasteiger partial charge in [-0.15, -0.1) is 0 Å². The van der Waals surface area contributed by atoms with E-state index in [2.05, 4.69) is 21.1 Å². The lowest BCUT2D eigenvalue weighted by molar-refractivity contribution is -0.163. The van der Waals surface area contributed by atoms with Crippen LogP contribution in [0.3, 0.4) is 0 Å². The lowest BCUT2D eigenvalue weighted by Gasteiger charge is -2.50. The molecule has 29 heavy (non-hydrogen) atoms. The Labute approximate surface area is 168 Å². The van der Waals surface area contributed by atoms with Crippen molar-refractivity contribution in [3.05, 3.63) is 65.6 Å². The van der Waals surface area contributed by atoms with E-state index in [1.54, 1.807) is 35.6 Å². The Bertz CT molecular complexity index is 1150. The normalized spacial score (nSPS) is 21.0. The zero-order valence-corrected chi connectivity index (χ0v) is 16.3. The average Bonchev–Trinajstić information content (AvgIpc) is 3.10. The summed E-state index contributed by atoms with van der Waals surface area (Å²) >= 11 is 0. The first-order valence-corrected chi connectivity index (χ1v) is 9.64. The monoisotopic (exact) mass is 387 g/mol. The van der Waals surface area contributed by atoms with Crippen molar-refractivity contribution in [3.63, 3.8) is 0 Å². The summed E-state index contributed by atoms with van der Waals surface area (Å²) in [6.07, 6.45) is 5.39. The summed E-state index contributed by atoms with van der Waals surface area (Å²) in [4.78, 5) is 35.5. The van der Waals surface area contributed by atoms with Crippen LogP contribution in [0.15, 0.2) is 53.9 Å². The molecule has 3 aromatic rings. The van der Waals surface area contributed by atoms with E-state index in [-0.39, 0.29) is 18.4 Å². The number of H-pyrrole nitrogens is 1. The van der Waals surface area contributed by atoms with Gasteiger partial charge in [0.05, 0.1) is 11.8 Å². The summed E-state index contributed by atoms with van der Waals surface area (Å²) in [7, 11) is 0. The molecule has 0 aliphatic carbocycles. The standard InChI is InChI=1S/C22H21N5O2/c1-22(2)20-16(15-5-3-4-6-17(15)25-20)11-18-21(29)26(13-19(28)27(18)22)24-12-14-7-9-23-10-8-14/h3-10,12,18,25H,11,13H2,1-2H3/t18-/m0/s1. The number of aromatic nitrogens is 2. The first-order valence-electron chi connectivity index (χ1n) is 9.64. The van der Waals surface area contributed by atoms with Gasteiger partial charge in [0.15, 0.2) is 0 Å². The maximum absolute atomic E-state index is 13.3. The molecule has 146 valence electrons. The van der Waals surface area contributed by atoms with E-state index in [0.29, 0.717) is 6.42 Å². The lowest BCUT2D eigenvalue weighted by Crippen LogP contribution is -2.66. The molecular formula is C22H21N5O2. The van der Waals surface area contributed by atoms with Gasteiger partial charge < -0.3 is 9.88 Å². The molecule has 1 N–H and O–H groups in total. The van der Waals surface area contributed by atoms with Crippen molar-refractivity contribution in [3.8, 4) is 0 Å². The number of hydrogen-bond acceptors (Lipinski definition) is 4. The number of amides is 2. The van der Waals surface area contributed by atoms with E-state index in [9.17, 15) is 9.59 Å². The summed E-state index contributed by atoms with van der Waals surface area (Å²) in [6.45, 7) is 3.93. The quantitative estimate of drug-likeness (QED) is 0.686. The maximum atomic E-state index is 13.3. The van der Waals surface area contributed by atoms with Crippen LogP contribution in [0, 0.1) is 0 Å². The van der Waals surface area contributed by atoms with E-state index >= 15 is 0 Å². The summed E-state index contributed by atoms with van der Waals surface area (Å²) < 4.78 is 0. The number of carbonyl (C=O) groups excluding carboxylic acids is 2. The molecule has 1 fully saturated rings. The van der Waals surface area contributed by atoms with Crippen LogP contribution in [0.2, 0.25) is 0 Å². The third-order valence-corrected chi connectivity index (χ3v) is 5.88. The molecule has 2 aromatic heterocycles. The molecule has 0 radical (unpaired) electrons. The van der Waals surface area contributed by atoms with E-state index in [1.807, 2.05) is 32.0 Å². The molecule has 7 nitrogen and oxygen atoms in total. The third kappa shape index (κ3) is 2.65. The van der Waals surface area contributed by atoms with Gasteiger partial charge in [0.2, 0.25) is 5.91 Å². The average molecular weight is 387 g/mol. The molecule has 1 aromatic carbocycles. The number of fused-ring (bicyclic) bond motifs is 4. The molecule has 1 saturated heterocycles. The number of para-hydroxylation sites is 1. The van der Waals surface area contributed by atoms with Crippen LogP contribution in [0.1, 0.15) is 30.7 Å². The molecule has 5 rings (SSSR count). The molecular weight excluding hydrogens is 366 g/mol. The third-order valence-electron chi connectivity index (χ3n) is 5.88. The fourth-order valence-corrected chi connectivity index (χ4v) is 4.55. The molecule has 2 amide bonds. The molecule has 7 heteroatoms. The van der Waals surface area contributed by atoms with Crippen molar-refractivity contribution in [1.82, 2.24) is 19.9 Å². The Morgan fingerprint density at radius 1 is 1.17 bits per heavy atom. The van der Waals surface area contributed by atoms with Crippen LogP contribution in [-0.2, 0) is 21.5 Å². The van der Waals surface area contributed by atoms with Crippen LogP contribution >= 0.6 is 0 Å². The van der Waals surface area contributed by atoms with Gasteiger partial charge in [-0.2, -0.15) is 5.10 Å². The Morgan fingerprint density at radius 3 is 2.72 bits per heavy atom. The van der Waals surface area contributed by atoms with Gasteiger partial charge in [-0.1, -0.05) is 18.2 Å². The Kier molecular flexibility index (Phi) is 3.81. The minimum Gasteiger partial charge on any atom is -0.356 e. The zero-order valence-electron chi connectivity index (χ0n) is 16.3. The predicted molar refractivity (Wildman–Crippen MR) is 109 cm³/mol. The number of aromatic amines is 1. The highest BCUT2D eigenvalue weighted by molar-refractivity contribution is 5.98. The number of nitrogens with one attached hydrogen (secondary N) is 1. The Hall–Kier alpha value is -3.48. The van der Waals surface area contributed by atoms with Gasteiger partial charge in [0.1, 0.15) is 12.6 Å². The number of benzene rings is 1. The van der Waals surface area contributed by atoms with Crippen molar-refractivity contribution in [1.29, 1.82) is 0 Å². The number of pyridine rings is 1. The van der Waals surface area contributed by atoms with Gasteiger partial charge in [-0.3, -0.25) is 14.6 Å². The number of carbonyl (C=O) groups is 2. The van der Waals surface area contributed by atoms with Crippen molar-refractivity contribution in [2.24, 2.45) is 5.10 Å². The van der Waals surface area contributed by atoms with Crippen LogP contribution in [0.4, 0.5) is 0 Å². The fraction of sp³-hybridized carbons (Fsp3) is 0.273. The van der Waals surface area contributed by atoms with Crippen molar-refractivity contribution in [2.45, 2.75) is 31.8 Å². The summed E-state index contributed by atoms with van der Waals surface area (Å²) in [5.41, 5.74) is 3.35. The molecule has 0 saturated carbocycles. The predicted octanol–water partition coefficient (Wildman–Crippen LogP) is 2.43. The van der Waals surface area contributed by atoms with Gasteiger partial charge in [0.25, 0.3) is 5.91 Å². The highest BCUT2D eigenvalue weighted by atomic mass is 16.2. The number of hydrogen-bond donors (Lipinski definition) is 1. The summed E-state index contributed by atoms with van der Waals surface area (Å²) in [5.74, 6) is -0.255. The minimum atomic E-state index is -0.606. The fourth-order valence-electron chi connectivity index (χ4n) is 4.55. The van der Waals surface area contributed by atoms with E-state index in [4.69, 9.17) is 0 Å². The van der Waals surface area contributed by atoms with Crippen LogP contribution in [0.5, 0.6) is 0 Å². The van der Waals surface area contributed by atoms with Crippen LogP contribution in [-0.4, -0.2) is 50.5 Å². The zero-order chi connectivity index (χ0) is 20.2. The highest BCUT2D eigenvalue weighted by Crippen LogP contribution is 2.42. The Morgan fingerprint density at radius 2 is 1.93 bits per heavy atom. The first kappa shape index (κ1) is 17.6. The number of nitrogens with zero attached hydrogens (tertiary/aromatic N) is 4. The van der Waals surface area contributed by atoms with E-state index in [1.165, 1.54) is 5.01 Å². The molecule has 4 heterocycles. The van der Waals surface area contributed by atoms with Crippen molar-refractivity contribution >= 4 is 28.9 Å². The topological polar surface area (TPSA) is 81.7 Å². The SMILES string of the molecule is CC1(C)c2[nH]c3ccccc3c2C[C@H]2C(=O)N(N=Cc3ccncc3)CC(=O)N21. The number of rotatable bonds is 2. The van der Waals surface area contributed by atoms with Crippen LogP contribution < -0.4 is 0 Å². The maximum Gasteiger partial charge on any atom is 0.266 e. The molecule has 0 spiro atoms. The minimum absolute atomic E-state index is 0.0596. The van der Waals surface area contributed by atoms with E-state index in [0.717, 1.165) is 27.7 Å². The number of piperazine rings is 1. The van der Waals surface area contributed by atoms with Crippen molar-refractivity contribution in [2.75, 3.05) is 6.54 Å². The number of hydrazone groups is 1. The first-order chi connectivity index (χ1) is 14.0.